The first kappa shape index (κ1) is 23.9. The molecular formula is C25H30FN3O5S. The monoisotopic (exact) mass is 503 g/mol. The molecular weight excluding hydrogens is 473 g/mol. The SMILES string of the molecule is COc1cc(NS(=O)(=O)c2ccc(F)cc2OC2CCN(C)CC2)cc2c1NC(=O)C21CCCC1. The summed E-state index contributed by atoms with van der Waals surface area (Å²) >= 11 is 0. The highest BCUT2D eigenvalue weighted by Crippen LogP contribution is 2.52. The van der Waals surface area contributed by atoms with Crippen LogP contribution in [0.2, 0.25) is 0 Å². The first-order valence-corrected chi connectivity index (χ1v) is 13.4. The molecule has 3 aliphatic rings. The van der Waals surface area contributed by atoms with E-state index in [1.54, 1.807) is 12.1 Å². The largest absolute Gasteiger partial charge is 0.494 e. The van der Waals surface area contributed by atoms with Gasteiger partial charge in [-0.3, -0.25) is 9.52 Å². The number of fused-ring (bicyclic) bond motifs is 2. The Balaban J connectivity index is 1.48. The van der Waals surface area contributed by atoms with Crippen LogP contribution in [0.1, 0.15) is 44.1 Å². The molecule has 0 bridgehead atoms. The van der Waals surface area contributed by atoms with Crippen molar-refractivity contribution in [2.45, 2.75) is 54.9 Å². The normalized spacial score (nSPS) is 20.0. The molecule has 35 heavy (non-hydrogen) atoms. The van der Waals surface area contributed by atoms with Gasteiger partial charge in [-0.2, -0.15) is 0 Å². The van der Waals surface area contributed by atoms with Gasteiger partial charge in [-0.05, 0) is 56.5 Å². The van der Waals surface area contributed by atoms with Crippen LogP contribution in [-0.4, -0.2) is 52.6 Å². The zero-order valence-corrected chi connectivity index (χ0v) is 20.7. The lowest BCUT2D eigenvalue weighted by atomic mass is 9.80. The highest BCUT2D eigenvalue weighted by molar-refractivity contribution is 7.92. The molecule has 1 saturated heterocycles. The number of carbonyl (C=O) groups is 1. The molecule has 8 nitrogen and oxygen atoms in total. The van der Waals surface area contributed by atoms with Crippen molar-refractivity contribution in [3.8, 4) is 11.5 Å². The quantitative estimate of drug-likeness (QED) is 0.621. The smallest absolute Gasteiger partial charge is 0.265 e. The number of benzene rings is 2. The third kappa shape index (κ3) is 4.33. The van der Waals surface area contributed by atoms with Crippen LogP contribution in [0.4, 0.5) is 15.8 Å². The van der Waals surface area contributed by atoms with E-state index in [4.69, 9.17) is 9.47 Å². The van der Waals surface area contributed by atoms with Gasteiger partial charge in [0.1, 0.15) is 28.3 Å². The van der Waals surface area contributed by atoms with Gasteiger partial charge >= 0.3 is 0 Å². The highest BCUT2D eigenvalue weighted by Gasteiger charge is 2.49. The van der Waals surface area contributed by atoms with Crippen molar-refractivity contribution in [1.29, 1.82) is 0 Å². The first-order chi connectivity index (χ1) is 16.7. The van der Waals surface area contributed by atoms with Crippen LogP contribution < -0.4 is 19.5 Å². The molecule has 188 valence electrons. The number of sulfonamides is 1. The highest BCUT2D eigenvalue weighted by atomic mass is 32.2. The molecule has 2 aromatic carbocycles. The molecule has 5 rings (SSSR count). The lowest BCUT2D eigenvalue weighted by Crippen LogP contribution is -2.36. The number of carbonyl (C=O) groups excluding carboxylic acids is 1. The standard InChI is InChI=1S/C25H30FN3O5S/c1-29-11-7-18(8-12-29)34-20-13-16(26)5-6-22(20)35(31,32)28-17-14-19-23(21(15-17)33-2)27-24(30)25(19)9-3-4-10-25/h5-6,13-15,18,28H,3-4,7-12H2,1-2H3,(H,27,30). The number of nitrogens with zero attached hydrogens (tertiary/aromatic N) is 1. The number of methoxy groups -OCH3 is 1. The van der Waals surface area contributed by atoms with E-state index >= 15 is 0 Å². The summed E-state index contributed by atoms with van der Waals surface area (Å²) in [5.74, 6) is -0.266. The van der Waals surface area contributed by atoms with Crippen LogP contribution in [0.25, 0.3) is 0 Å². The number of nitrogens with one attached hydrogen (secondary N) is 2. The van der Waals surface area contributed by atoms with E-state index in [-0.39, 0.29) is 28.3 Å². The fourth-order valence-corrected chi connectivity index (χ4v) is 6.62. The number of piperidine rings is 1. The van der Waals surface area contributed by atoms with Crippen molar-refractivity contribution in [3.63, 3.8) is 0 Å². The average Bonchev–Trinajstić information content (AvgIpc) is 3.41. The number of amides is 1. The van der Waals surface area contributed by atoms with E-state index in [0.717, 1.165) is 56.5 Å². The van der Waals surface area contributed by atoms with Crippen molar-refractivity contribution in [1.82, 2.24) is 4.90 Å². The zero-order valence-electron chi connectivity index (χ0n) is 19.9. The molecule has 1 aliphatic carbocycles. The summed E-state index contributed by atoms with van der Waals surface area (Å²) in [6.45, 7) is 1.65. The van der Waals surface area contributed by atoms with Crippen LogP contribution in [0.5, 0.6) is 11.5 Å². The summed E-state index contributed by atoms with van der Waals surface area (Å²) in [5.41, 5.74) is 0.954. The van der Waals surface area contributed by atoms with E-state index in [1.807, 2.05) is 7.05 Å². The number of rotatable bonds is 6. The summed E-state index contributed by atoms with van der Waals surface area (Å²) in [4.78, 5) is 14.9. The molecule has 2 aromatic rings. The van der Waals surface area contributed by atoms with E-state index < -0.39 is 21.3 Å². The molecule has 0 atom stereocenters. The molecule has 2 aliphatic heterocycles. The summed E-state index contributed by atoms with van der Waals surface area (Å²) in [6, 6.07) is 6.70. The summed E-state index contributed by atoms with van der Waals surface area (Å²) in [5, 5.41) is 2.93. The van der Waals surface area contributed by atoms with Gasteiger partial charge in [0.2, 0.25) is 5.91 Å². The maximum Gasteiger partial charge on any atom is 0.265 e. The molecule has 2 N–H and O–H groups in total. The predicted molar refractivity (Wildman–Crippen MR) is 130 cm³/mol. The Kier molecular flexibility index (Phi) is 6.13. The Bertz CT molecular complexity index is 1250. The van der Waals surface area contributed by atoms with Crippen molar-refractivity contribution in [3.05, 3.63) is 41.7 Å². The fourth-order valence-electron chi connectivity index (χ4n) is 5.46. The molecule has 1 amide bonds. The minimum Gasteiger partial charge on any atom is -0.494 e. The lowest BCUT2D eigenvalue weighted by molar-refractivity contribution is -0.120. The second kappa shape index (κ2) is 8.98. The topological polar surface area (TPSA) is 97.0 Å². The molecule has 1 saturated carbocycles. The zero-order chi connectivity index (χ0) is 24.8. The van der Waals surface area contributed by atoms with Gasteiger partial charge < -0.3 is 19.7 Å². The number of hydrogen-bond acceptors (Lipinski definition) is 6. The number of anilines is 2. The number of likely N-dealkylation sites (tertiary alicyclic amines) is 1. The second-order valence-electron chi connectivity index (χ2n) is 9.66. The lowest BCUT2D eigenvalue weighted by Gasteiger charge is -2.29. The Hall–Kier alpha value is -2.85. The van der Waals surface area contributed by atoms with E-state index in [1.165, 1.54) is 13.2 Å². The van der Waals surface area contributed by atoms with Crippen LogP contribution in [0, 0.1) is 5.82 Å². The van der Waals surface area contributed by atoms with Crippen molar-refractivity contribution in [2.75, 3.05) is 37.3 Å². The van der Waals surface area contributed by atoms with Crippen molar-refractivity contribution >= 4 is 27.3 Å². The maximum atomic E-state index is 14.1. The van der Waals surface area contributed by atoms with Gasteiger partial charge in [0, 0.05) is 25.2 Å². The molecule has 1 spiro atoms. The van der Waals surface area contributed by atoms with Gasteiger partial charge in [0.25, 0.3) is 10.0 Å². The number of ether oxygens (including phenoxy) is 2. The third-order valence-corrected chi connectivity index (χ3v) is 8.80. The van der Waals surface area contributed by atoms with E-state index in [9.17, 15) is 17.6 Å². The van der Waals surface area contributed by atoms with Gasteiger partial charge in [0.05, 0.1) is 23.9 Å². The van der Waals surface area contributed by atoms with E-state index in [2.05, 4.69) is 14.9 Å². The minimum atomic E-state index is -4.13. The molecule has 10 heteroatoms. The first-order valence-electron chi connectivity index (χ1n) is 11.9. The second-order valence-corrected chi connectivity index (χ2v) is 11.3. The van der Waals surface area contributed by atoms with Crippen LogP contribution in [0.15, 0.2) is 35.2 Å². The van der Waals surface area contributed by atoms with Gasteiger partial charge in [-0.15, -0.1) is 0 Å². The van der Waals surface area contributed by atoms with Crippen molar-refractivity contribution in [2.24, 2.45) is 0 Å². The Morgan fingerprint density at radius 3 is 2.51 bits per heavy atom. The van der Waals surface area contributed by atoms with Crippen LogP contribution >= 0.6 is 0 Å². The Morgan fingerprint density at radius 2 is 1.83 bits per heavy atom. The average molecular weight is 504 g/mol. The number of halogens is 1. The molecule has 0 unspecified atom stereocenters. The molecule has 2 heterocycles. The van der Waals surface area contributed by atoms with Gasteiger partial charge in [-0.25, -0.2) is 12.8 Å². The van der Waals surface area contributed by atoms with Gasteiger partial charge in [-0.1, -0.05) is 12.8 Å². The summed E-state index contributed by atoms with van der Waals surface area (Å²) < 4.78 is 55.1. The van der Waals surface area contributed by atoms with Crippen LogP contribution in [0.3, 0.4) is 0 Å². The Morgan fingerprint density at radius 1 is 1.11 bits per heavy atom. The number of hydrogen-bond donors (Lipinski definition) is 2. The van der Waals surface area contributed by atoms with Crippen molar-refractivity contribution < 1.29 is 27.1 Å². The predicted octanol–water partition coefficient (Wildman–Crippen LogP) is 3.87. The minimum absolute atomic E-state index is 0.00992. The molecule has 2 fully saturated rings. The fraction of sp³-hybridized carbons (Fsp3) is 0.480. The Labute approximate surface area is 204 Å². The third-order valence-electron chi connectivity index (χ3n) is 7.37. The van der Waals surface area contributed by atoms with E-state index in [0.29, 0.717) is 24.3 Å². The van der Waals surface area contributed by atoms with Crippen LogP contribution in [-0.2, 0) is 20.2 Å². The molecule has 0 radical (unpaired) electrons. The van der Waals surface area contributed by atoms with Gasteiger partial charge in [0.15, 0.2) is 0 Å². The maximum absolute atomic E-state index is 14.1. The summed E-state index contributed by atoms with van der Waals surface area (Å²) in [7, 11) is -0.631. The molecule has 0 aromatic heterocycles. The summed E-state index contributed by atoms with van der Waals surface area (Å²) in [6.07, 6.45) is 4.53.